The average molecular weight is 639 g/mol. The Morgan fingerprint density at radius 1 is 1.05 bits per heavy atom. The van der Waals surface area contributed by atoms with E-state index in [0.717, 1.165) is 38.4 Å². The van der Waals surface area contributed by atoms with Gasteiger partial charge in [-0.2, -0.15) is 8.61 Å². The summed E-state index contributed by atoms with van der Waals surface area (Å²) in [4.78, 5) is 23.3. The highest BCUT2D eigenvalue weighted by Gasteiger charge is 2.44. The van der Waals surface area contributed by atoms with Crippen molar-refractivity contribution in [2.45, 2.75) is 42.2 Å². The molecular formula is C27H31FN4O7S3. The van der Waals surface area contributed by atoms with Crippen molar-refractivity contribution in [3.63, 3.8) is 0 Å². The predicted octanol–water partition coefficient (Wildman–Crippen LogP) is 2.77. The van der Waals surface area contributed by atoms with Gasteiger partial charge in [-0.25, -0.2) is 31.5 Å². The predicted molar refractivity (Wildman–Crippen MR) is 154 cm³/mol. The first-order valence-electron chi connectivity index (χ1n) is 13.4. The number of carbonyl (C=O) groups is 1. The van der Waals surface area contributed by atoms with E-state index in [1.165, 1.54) is 18.2 Å². The van der Waals surface area contributed by atoms with E-state index in [1.54, 1.807) is 42.7 Å². The Morgan fingerprint density at radius 3 is 2.52 bits per heavy atom. The standard InChI is InChI=1S/C27H31FN4O7S3/c28-22-6-4-21(5-7-22)24-8-9-26(40-24)42(36,37)32-16-15-31(41(34,35)18-12-20-10-13-29-14-11-20)19-23(32)27(33)30-39-25-3-1-2-17-38-25/h4-11,13-14,23,25H,1-3,12,15-19H2,(H,30,33)/t23-,25?/m1/s1. The van der Waals surface area contributed by atoms with Crippen molar-refractivity contribution in [2.24, 2.45) is 0 Å². The highest BCUT2D eigenvalue weighted by Crippen LogP contribution is 2.34. The maximum atomic E-state index is 13.8. The smallest absolute Gasteiger partial charge is 0.263 e. The lowest BCUT2D eigenvalue weighted by atomic mass is 10.2. The van der Waals surface area contributed by atoms with Crippen molar-refractivity contribution in [1.29, 1.82) is 0 Å². The second kappa shape index (κ2) is 13.2. The molecule has 2 saturated heterocycles. The molecule has 2 aliphatic rings. The Bertz CT molecular complexity index is 1580. The monoisotopic (exact) mass is 638 g/mol. The Kier molecular flexibility index (Phi) is 9.67. The van der Waals surface area contributed by atoms with Crippen molar-refractivity contribution in [3.8, 4) is 10.4 Å². The largest absolute Gasteiger partial charge is 0.350 e. The van der Waals surface area contributed by atoms with Gasteiger partial charge in [0.15, 0.2) is 6.29 Å². The van der Waals surface area contributed by atoms with Crippen LogP contribution in [-0.2, 0) is 40.8 Å². The SMILES string of the molecule is O=C(NOC1CCCCO1)[C@H]1CN(S(=O)(=O)CCc2ccncc2)CCN1S(=O)(=O)c1ccc(-c2ccc(F)cc2)s1. The minimum Gasteiger partial charge on any atom is -0.350 e. The molecule has 1 amide bonds. The fraction of sp³-hybridized carbons (Fsp3) is 0.407. The molecule has 1 aromatic carbocycles. The van der Waals surface area contributed by atoms with Crippen molar-refractivity contribution in [2.75, 3.05) is 32.0 Å². The zero-order valence-corrected chi connectivity index (χ0v) is 25.0. The van der Waals surface area contributed by atoms with Crippen molar-refractivity contribution in [3.05, 3.63) is 72.3 Å². The number of amides is 1. The topological polar surface area (TPSA) is 135 Å². The molecule has 2 aliphatic heterocycles. The van der Waals surface area contributed by atoms with Gasteiger partial charge in [0.05, 0.1) is 5.75 Å². The van der Waals surface area contributed by atoms with Gasteiger partial charge in [0.2, 0.25) is 10.0 Å². The molecule has 0 bridgehead atoms. The summed E-state index contributed by atoms with van der Waals surface area (Å²) in [5.74, 6) is -1.42. The molecule has 0 saturated carbocycles. The van der Waals surface area contributed by atoms with E-state index in [-0.39, 0.29) is 36.0 Å². The number of hydrogen-bond donors (Lipinski definition) is 1. The van der Waals surface area contributed by atoms with Gasteiger partial charge in [-0.3, -0.25) is 9.78 Å². The van der Waals surface area contributed by atoms with E-state index in [2.05, 4.69) is 10.5 Å². The van der Waals surface area contributed by atoms with Crippen LogP contribution < -0.4 is 5.48 Å². The summed E-state index contributed by atoms with van der Waals surface area (Å²) in [7, 11) is -8.05. The van der Waals surface area contributed by atoms with Crippen LogP contribution in [0.2, 0.25) is 0 Å². The van der Waals surface area contributed by atoms with E-state index >= 15 is 0 Å². The molecule has 42 heavy (non-hydrogen) atoms. The molecule has 0 aliphatic carbocycles. The van der Waals surface area contributed by atoms with Crippen LogP contribution in [0.1, 0.15) is 24.8 Å². The Labute approximate surface area is 248 Å². The highest BCUT2D eigenvalue weighted by molar-refractivity contribution is 7.91. The molecule has 1 N–H and O–H groups in total. The molecule has 2 aromatic heterocycles. The second-order valence-corrected chi connectivity index (χ2v) is 15.2. The number of pyridine rings is 1. The van der Waals surface area contributed by atoms with Gasteiger partial charge in [-0.05, 0) is 66.8 Å². The normalized spacial score (nSPS) is 20.8. The summed E-state index contributed by atoms with van der Waals surface area (Å²) in [6.07, 6.45) is 5.00. The van der Waals surface area contributed by atoms with Gasteiger partial charge in [-0.1, -0.05) is 12.1 Å². The number of sulfonamides is 2. The molecule has 15 heteroatoms. The summed E-state index contributed by atoms with van der Waals surface area (Å²) in [5.41, 5.74) is 3.74. The molecule has 226 valence electrons. The van der Waals surface area contributed by atoms with E-state index in [9.17, 15) is 26.0 Å². The third-order valence-electron chi connectivity index (χ3n) is 7.09. The van der Waals surface area contributed by atoms with Crippen LogP contribution in [0.25, 0.3) is 10.4 Å². The van der Waals surface area contributed by atoms with Gasteiger partial charge in [-0.15, -0.1) is 11.3 Å². The van der Waals surface area contributed by atoms with Gasteiger partial charge in [0.25, 0.3) is 15.9 Å². The van der Waals surface area contributed by atoms with Gasteiger partial charge >= 0.3 is 0 Å². The summed E-state index contributed by atoms with van der Waals surface area (Å²) < 4.78 is 75.2. The number of aromatic nitrogens is 1. The average Bonchev–Trinajstić information content (AvgIpc) is 3.51. The number of nitrogens with zero attached hydrogens (tertiary/aromatic N) is 3. The number of piperazine rings is 1. The summed E-state index contributed by atoms with van der Waals surface area (Å²) >= 11 is 0.982. The summed E-state index contributed by atoms with van der Waals surface area (Å²) in [5, 5.41) is 0. The number of hydroxylamine groups is 1. The van der Waals surface area contributed by atoms with E-state index < -0.39 is 44.1 Å². The Hall–Kier alpha value is -2.79. The number of rotatable bonds is 10. The van der Waals surface area contributed by atoms with E-state index in [4.69, 9.17) is 9.57 Å². The fourth-order valence-corrected chi connectivity index (χ4v) is 9.25. The van der Waals surface area contributed by atoms with Crippen LogP contribution in [-0.4, -0.2) is 80.7 Å². The van der Waals surface area contributed by atoms with Crippen LogP contribution in [0.3, 0.4) is 0 Å². The lowest BCUT2D eigenvalue weighted by molar-refractivity contribution is -0.202. The lowest BCUT2D eigenvalue weighted by Crippen LogP contribution is -2.61. The Balaban J connectivity index is 1.36. The number of nitrogens with one attached hydrogen (secondary N) is 1. The van der Waals surface area contributed by atoms with Gasteiger partial charge < -0.3 is 4.74 Å². The summed E-state index contributed by atoms with van der Waals surface area (Å²) in [6.45, 7) is -0.263. The third kappa shape index (κ3) is 7.22. The highest BCUT2D eigenvalue weighted by atomic mass is 32.2. The zero-order valence-electron chi connectivity index (χ0n) is 22.6. The molecule has 0 spiro atoms. The molecule has 5 rings (SSSR count). The molecule has 2 fully saturated rings. The third-order valence-corrected chi connectivity index (χ3v) is 12.4. The first-order valence-corrected chi connectivity index (χ1v) is 17.3. The molecule has 4 heterocycles. The fourth-order valence-electron chi connectivity index (χ4n) is 4.76. The zero-order chi connectivity index (χ0) is 29.7. The molecule has 0 radical (unpaired) electrons. The van der Waals surface area contributed by atoms with Crippen molar-refractivity contribution in [1.82, 2.24) is 19.1 Å². The minimum absolute atomic E-state index is 0.0230. The van der Waals surface area contributed by atoms with Crippen LogP contribution in [0, 0.1) is 5.82 Å². The number of halogens is 1. The molecular weight excluding hydrogens is 608 g/mol. The maximum absolute atomic E-state index is 13.8. The molecule has 11 nitrogen and oxygen atoms in total. The number of thiophene rings is 1. The van der Waals surface area contributed by atoms with Crippen LogP contribution >= 0.6 is 11.3 Å². The summed E-state index contributed by atoms with van der Waals surface area (Å²) in [6, 6.07) is 10.8. The number of carbonyl (C=O) groups excluding carboxylic acids is 1. The number of hydrogen-bond acceptors (Lipinski definition) is 9. The van der Waals surface area contributed by atoms with Crippen LogP contribution in [0.15, 0.2) is 65.1 Å². The Morgan fingerprint density at radius 2 is 1.81 bits per heavy atom. The molecule has 3 aromatic rings. The molecule has 2 atom stereocenters. The first kappa shape index (κ1) is 30.7. The minimum atomic E-state index is -4.22. The van der Waals surface area contributed by atoms with E-state index in [1.807, 2.05) is 0 Å². The second-order valence-electron chi connectivity index (χ2n) is 9.92. The van der Waals surface area contributed by atoms with Crippen LogP contribution in [0.4, 0.5) is 4.39 Å². The van der Waals surface area contributed by atoms with Gasteiger partial charge in [0.1, 0.15) is 16.1 Å². The van der Waals surface area contributed by atoms with Crippen molar-refractivity contribution < 1.29 is 35.6 Å². The lowest BCUT2D eigenvalue weighted by Gasteiger charge is -2.38. The first-order chi connectivity index (χ1) is 20.1. The maximum Gasteiger partial charge on any atom is 0.263 e. The van der Waals surface area contributed by atoms with E-state index in [0.29, 0.717) is 23.5 Å². The number of ether oxygens (including phenoxy) is 1. The van der Waals surface area contributed by atoms with Crippen LogP contribution in [0.5, 0.6) is 0 Å². The van der Waals surface area contributed by atoms with Gasteiger partial charge in [0, 0.05) is 49.9 Å². The number of benzene rings is 1. The van der Waals surface area contributed by atoms with Crippen molar-refractivity contribution >= 4 is 37.3 Å². The quantitative estimate of drug-likeness (QED) is 0.335. The number of aryl methyl sites for hydroxylation is 1. The molecule has 1 unspecified atom stereocenters.